The molecule has 1 spiro atoms. The predicted octanol–water partition coefficient (Wildman–Crippen LogP) is 2.78. The Bertz CT molecular complexity index is 1240. The Morgan fingerprint density at radius 1 is 1.23 bits per heavy atom. The quantitative estimate of drug-likeness (QED) is 0.167. The van der Waals surface area contributed by atoms with Crippen LogP contribution in [0.5, 0.6) is 0 Å². The number of rotatable bonds is 15. The minimum Gasteiger partial charge on any atom is -0.460 e. The summed E-state index contributed by atoms with van der Waals surface area (Å²) in [7, 11) is 0. The van der Waals surface area contributed by atoms with E-state index in [2.05, 4.69) is 34.4 Å². The maximum Gasteiger partial charge on any atom is 0.312 e. The average Bonchev–Trinajstić information content (AvgIpc) is 3.59. The SMILES string of the molecule is C=CCCC(=O)NC[C@H](C)OC(=O)[C@H]1[C@@H]2O[C@@]3(CC2Br)[C@@H]1C(=O)N([C@@H](CO)Cc1ccccc1)[C@@H]3C(=O)N(CC=C)C(C)C. The molecule has 44 heavy (non-hydrogen) atoms. The minimum absolute atomic E-state index is 0.114. The van der Waals surface area contributed by atoms with E-state index in [-0.39, 0.29) is 48.8 Å². The van der Waals surface area contributed by atoms with E-state index in [1.54, 1.807) is 24.0 Å². The van der Waals surface area contributed by atoms with Crippen molar-refractivity contribution in [2.75, 3.05) is 19.7 Å². The number of ether oxygens (including phenoxy) is 2. The number of aliphatic hydroxyl groups excluding tert-OH is 1. The minimum atomic E-state index is -1.29. The third-order valence-corrected chi connectivity index (χ3v) is 9.71. The van der Waals surface area contributed by atoms with Crippen molar-refractivity contribution >= 4 is 39.6 Å². The summed E-state index contributed by atoms with van der Waals surface area (Å²) in [4.78, 5) is 57.6. The van der Waals surface area contributed by atoms with Crippen LogP contribution < -0.4 is 5.32 Å². The highest BCUT2D eigenvalue weighted by molar-refractivity contribution is 9.09. The number of nitrogens with one attached hydrogen (secondary N) is 1. The first-order chi connectivity index (χ1) is 21.0. The van der Waals surface area contributed by atoms with Gasteiger partial charge in [0, 0.05) is 23.8 Å². The molecular weight excluding hydrogens is 630 g/mol. The second-order valence-electron chi connectivity index (χ2n) is 12.2. The van der Waals surface area contributed by atoms with Crippen LogP contribution in [0.2, 0.25) is 0 Å². The molecule has 1 aromatic carbocycles. The molecule has 4 rings (SSSR count). The molecule has 240 valence electrons. The van der Waals surface area contributed by atoms with E-state index in [1.807, 2.05) is 44.2 Å². The lowest BCUT2D eigenvalue weighted by atomic mass is 9.70. The fourth-order valence-electron chi connectivity index (χ4n) is 6.90. The molecule has 10 nitrogen and oxygen atoms in total. The first-order valence-corrected chi connectivity index (χ1v) is 16.2. The highest BCUT2D eigenvalue weighted by Crippen LogP contribution is 2.60. The number of hydrogen-bond acceptors (Lipinski definition) is 7. The van der Waals surface area contributed by atoms with Gasteiger partial charge in [0.2, 0.25) is 17.7 Å². The number of amides is 3. The summed E-state index contributed by atoms with van der Waals surface area (Å²) in [5, 5.41) is 13.4. The molecule has 2 N–H and O–H groups in total. The van der Waals surface area contributed by atoms with Crippen LogP contribution in [0.4, 0.5) is 0 Å². The number of esters is 1. The Labute approximate surface area is 267 Å². The van der Waals surface area contributed by atoms with Gasteiger partial charge in [-0.3, -0.25) is 19.2 Å². The number of allylic oxidation sites excluding steroid dienone is 1. The number of benzene rings is 1. The van der Waals surface area contributed by atoms with Gasteiger partial charge in [0.1, 0.15) is 17.7 Å². The molecule has 1 unspecified atom stereocenters. The van der Waals surface area contributed by atoms with Gasteiger partial charge in [-0.15, -0.1) is 13.2 Å². The van der Waals surface area contributed by atoms with Gasteiger partial charge in [-0.05, 0) is 45.6 Å². The molecule has 0 saturated carbocycles. The zero-order valence-corrected chi connectivity index (χ0v) is 27.3. The van der Waals surface area contributed by atoms with Gasteiger partial charge in [0.25, 0.3) is 0 Å². The second-order valence-corrected chi connectivity index (χ2v) is 13.4. The molecule has 3 aliphatic rings. The van der Waals surface area contributed by atoms with Gasteiger partial charge >= 0.3 is 5.97 Å². The van der Waals surface area contributed by atoms with Crippen LogP contribution in [-0.2, 0) is 35.1 Å². The van der Waals surface area contributed by atoms with E-state index >= 15 is 0 Å². The smallest absolute Gasteiger partial charge is 0.312 e. The van der Waals surface area contributed by atoms with Gasteiger partial charge in [-0.2, -0.15) is 0 Å². The lowest BCUT2D eigenvalue weighted by Crippen LogP contribution is -2.60. The maximum absolute atomic E-state index is 14.5. The zero-order valence-electron chi connectivity index (χ0n) is 25.7. The number of alkyl halides is 1. The van der Waals surface area contributed by atoms with Crippen molar-refractivity contribution in [1.29, 1.82) is 0 Å². The molecule has 1 aromatic rings. The zero-order chi connectivity index (χ0) is 32.2. The van der Waals surface area contributed by atoms with E-state index in [1.165, 1.54) is 4.90 Å². The summed E-state index contributed by atoms with van der Waals surface area (Å²) in [6, 6.07) is 7.48. The predicted molar refractivity (Wildman–Crippen MR) is 169 cm³/mol. The van der Waals surface area contributed by atoms with Crippen LogP contribution in [0.1, 0.15) is 45.6 Å². The normalized spacial score (nSPS) is 28.4. The number of halogens is 1. The molecule has 3 saturated heterocycles. The Morgan fingerprint density at radius 2 is 1.93 bits per heavy atom. The van der Waals surface area contributed by atoms with Crippen LogP contribution >= 0.6 is 15.9 Å². The molecule has 3 aliphatic heterocycles. The Morgan fingerprint density at radius 3 is 2.55 bits per heavy atom. The van der Waals surface area contributed by atoms with Crippen LogP contribution in [0.15, 0.2) is 55.6 Å². The molecule has 0 aromatic heterocycles. The lowest BCUT2D eigenvalue weighted by Gasteiger charge is -2.40. The summed E-state index contributed by atoms with van der Waals surface area (Å²) in [5.41, 5.74) is -0.396. The van der Waals surface area contributed by atoms with Crippen LogP contribution in [0.25, 0.3) is 0 Å². The van der Waals surface area contributed by atoms with Crippen molar-refractivity contribution in [2.24, 2.45) is 11.8 Å². The fourth-order valence-corrected chi connectivity index (χ4v) is 7.84. The van der Waals surface area contributed by atoms with E-state index < -0.39 is 53.6 Å². The van der Waals surface area contributed by atoms with Crippen molar-refractivity contribution in [2.45, 2.75) is 87.2 Å². The van der Waals surface area contributed by atoms with E-state index in [4.69, 9.17) is 9.47 Å². The molecule has 2 bridgehead atoms. The first kappa shape index (κ1) is 33.9. The van der Waals surface area contributed by atoms with E-state index in [9.17, 15) is 24.3 Å². The van der Waals surface area contributed by atoms with E-state index in [0.717, 1.165) is 5.56 Å². The molecular formula is C33H44BrN3O7. The molecule has 3 heterocycles. The number of nitrogens with zero attached hydrogens (tertiary/aromatic N) is 2. The Balaban J connectivity index is 1.67. The number of carbonyl (C=O) groups excluding carboxylic acids is 4. The van der Waals surface area contributed by atoms with Gasteiger partial charge in [-0.1, -0.05) is 58.4 Å². The Kier molecular flexibility index (Phi) is 11.1. The molecule has 0 radical (unpaired) electrons. The van der Waals surface area contributed by atoms with Gasteiger partial charge < -0.3 is 29.7 Å². The van der Waals surface area contributed by atoms with Crippen LogP contribution in [0, 0.1) is 11.8 Å². The van der Waals surface area contributed by atoms with Crippen molar-refractivity contribution in [3.8, 4) is 0 Å². The fraction of sp³-hybridized carbons (Fsp3) is 0.576. The summed E-state index contributed by atoms with van der Waals surface area (Å²) in [6.07, 6.45) is 3.43. The summed E-state index contributed by atoms with van der Waals surface area (Å²) in [5.74, 6) is -3.46. The number of aliphatic hydroxyl groups is 1. The molecule has 3 fully saturated rings. The third-order valence-electron chi connectivity index (χ3n) is 8.86. The molecule has 8 atom stereocenters. The molecule has 3 amide bonds. The summed E-state index contributed by atoms with van der Waals surface area (Å²) >= 11 is 3.68. The molecule has 0 aliphatic carbocycles. The number of likely N-dealkylation sites (tertiary alicyclic amines) is 1. The average molecular weight is 675 g/mol. The standard InChI is InChI=1S/C33H44BrN3O7/c1-6-8-14-25(39)35-18-21(5)43-32(42)26-27-30(40)37(23(19-38)16-22-12-10-9-11-13-22)29(31(41)36(15-7-2)20(3)4)33(27)17-24(34)28(26)44-33/h6-7,9-13,20-21,23-24,26-29,38H,1-2,8,14-19H2,3-5H3,(H,35,39)/t21-,23+,24?,26+,27-,28+,29+,33-/m0/s1. The van der Waals surface area contributed by atoms with Crippen LogP contribution in [-0.4, -0.2) is 99.1 Å². The van der Waals surface area contributed by atoms with Crippen molar-refractivity contribution in [3.05, 3.63) is 61.2 Å². The van der Waals surface area contributed by atoms with Crippen molar-refractivity contribution in [3.63, 3.8) is 0 Å². The van der Waals surface area contributed by atoms with Crippen LogP contribution in [0.3, 0.4) is 0 Å². The second kappa shape index (κ2) is 14.4. The summed E-state index contributed by atoms with van der Waals surface area (Å²) in [6.45, 7) is 12.9. The largest absolute Gasteiger partial charge is 0.460 e. The maximum atomic E-state index is 14.5. The highest BCUT2D eigenvalue weighted by atomic mass is 79.9. The first-order valence-electron chi connectivity index (χ1n) is 15.3. The number of hydrogen-bond donors (Lipinski definition) is 2. The summed E-state index contributed by atoms with van der Waals surface area (Å²) < 4.78 is 12.4. The van der Waals surface area contributed by atoms with Gasteiger partial charge in [0.15, 0.2) is 0 Å². The lowest BCUT2D eigenvalue weighted by molar-refractivity contribution is -0.160. The van der Waals surface area contributed by atoms with E-state index in [0.29, 0.717) is 19.3 Å². The number of carbonyl (C=O) groups is 4. The highest BCUT2D eigenvalue weighted by Gasteiger charge is 2.77. The topological polar surface area (TPSA) is 125 Å². The van der Waals surface area contributed by atoms with Crippen molar-refractivity contribution < 1.29 is 33.8 Å². The monoisotopic (exact) mass is 673 g/mol. The Hall–Kier alpha value is -3.02. The molecule has 11 heteroatoms. The van der Waals surface area contributed by atoms with Gasteiger partial charge in [-0.25, -0.2) is 0 Å². The number of fused-ring (bicyclic) bond motifs is 1. The van der Waals surface area contributed by atoms with Gasteiger partial charge in [0.05, 0.1) is 37.1 Å². The third kappa shape index (κ3) is 6.50. The van der Waals surface area contributed by atoms with Crippen molar-refractivity contribution in [1.82, 2.24) is 15.1 Å².